The molecule has 1 fully saturated rings. The zero-order valence-corrected chi connectivity index (χ0v) is 15.2. The lowest BCUT2D eigenvalue weighted by atomic mass is 9.96. The number of rotatable bonds is 4. The van der Waals surface area contributed by atoms with Crippen molar-refractivity contribution in [3.8, 4) is 0 Å². The third-order valence-corrected chi connectivity index (χ3v) is 5.32. The number of nitrogens with one attached hydrogen (secondary N) is 2. The molecule has 0 aliphatic carbocycles. The zero-order valence-electron chi connectivity index (χ0n) is 14.4. The highest BCUT2D eigenvalue weighted by atomic mass is 35.5. The minimum Gasteiger partial charge on any atom is -0.352 e. The number of anilines is 1. The number of amides is 1. The maximum atomic E-state index is 12.5. The highest BCUT2D eigenvalue weighted by molar-refractivity contribution is 6.31. The Bertz CT molecular complexity index is 882. The number of imidazole rings is 1. The van der Waals surface area contributed by atoms with Gasteiger partial charge in [0.05, 0.1) is 11.0 Å². The van der Waals surface area contributed by atoms with Crippen LogP contribution >= 0.6 is 11.6 Å². The Morgan fingerprint density at radius 3 is 2.65 bits per heavy atom. The van der Waals surface area contributed by atoms with Crippen molar-refractivity contribution >= 4 is 34.5 Å². The number of H-pyrrole nitrogens is 1. The van der Waals surface area contributed by atoms with E-state index in [1.165, 1.54) is 0 Å². The predicted octanol–water partition coefficient (Wildman–Crippen LogP) is 3.75. The molecule has 2 aromatic carbocycles. The fraction of sp³-hybridized carbons (Fsp3) is 0.300. The number of halogens is 1. The van der Waals surface area contributed by atoms with Gasteiger partial charge in [0.2, 0.25) is 11.9 Å². The van der Waals surface area contributed by atoms with E-state index in [9.17, 15) is 4.79 Å². The second kappa shape index (κ2) is 7.38. The summed E-state index contributed by atoms with van der Waals surface area (Å²) in [7, 11) is 0. The first-order valence-electron chi connectivity index (χ1n) is 8.91. The largest absolute Gasteiger partial charge is 0.352 e. The fourth-order valence-electron chi connectivity index (χ4n) is 3.41. The van der Waals surface area contributed by atoms with Crippen molar-refractivity contribution in [1.82, 2.24) is 15.3 Å². The topological polar surface area (TPSA) is 61.0 Å². The van der Waals surface area contributed by atoms with Crippen molar-refractivity contribution in [2.75, 3.05) is 18.0 Å². The van der Waals surface area contributed by atoms with Crippen LogP contribution in [0.15, 0.2) is 48.5 Å². The van der Waals surface area contributed by atoms with Gasteiger partial charge in [-0.3, -0.25) is 4.79 Å². The molecule has 1 saturated heterocycles. The van der Waals surface area contributed by atoms with E-state index in [1.807, 2.05) is 48.5 Å². The van der Waals surface area contributed by atoms with E-state index >= 15 is 0 Å². The van der Waals surface area contributed by atoms with Crippen molar-refractivity contribution in [3.05, 3.63) is 59.1 Å². The van der Waals surface area contributed by atoms with Crippen molar-refractivity contribution in [1.29, 1.82) is 0 Å². The predicted molar refractivity (Wildman–Crippen MR) is 104 cm³/mol. The van der Waals surface area contributed by atoms with Crippen LogP contribution in [0.5, 0.6) is 0 Å². The number of carbonyl (C=O) groups is 1. The van der Waals surface area contributed by atoms with Gasteiger partial charge in [-0.05, 0) is 36.6 Å². The first kappa shape index (κ1) is 16.9. The molecule has 0 radical (unpaired) electrons. The lowest BCUT2D eigenvalue weighted by molar-refractivity contribution is -0.125. The normalized spacial score (nSPS) is 15.3. The molecule has 2 N–H and O–H groups in total. The van der Waals surface area contributed by atoms with E-state index in [0.717, 1.165) is 48.5 Å². The number of hydrogen-bond acceptors (Lipinski definition) is 3. The van der Waals surface area contributed by atoms with Crippen molar-refractivity contribution in [2.24, 2.45) is 5.92 Å². The van der Waals surface area contributed by atoms with Crippen LogP contribution in [0, 0.1) is 5.92 Å². The summed E-state index contributed by atoms with van der Waals surface area (Å²) in [5.41, 5.74) is 2.96. The lowest BCUT2D eigenvalue weighted by Gasteiger charge is -2.31. The molecule has 0 bridgehead atoms. The van der Waals surface area contributed by atoms with Gasteiger partial charge in [0.15, 0.2) is 0 Å². The van der Waals surface area contributed by atoms with Crippen LogP contribution in [0.3, 0.4) is 0 Å². The Morgan fingerprint density at radius 2 is 1.88 bits per heavy atom. The molecule has 6 heteroatoms. The summed E-state index contributed by atoms with van der Waals surface area (Å²) >= 11 is 6.15. The molecule has 5 nitrogen and oxygen atoms in total. The molecule has 0 atom stereocenters. The van der Waals surface area contributed by atoms with E-state index in [2.05, 4.69) is 20.2 Å². The molecule has 134 valence electrons. The molecular weight excluding hydrogens is 348 g/mol. The Hall–Kier alpha value is -2.53. The molecule has 0 unspecified atom stereocenters. The molecule has 1 aromatic heterocycles. The van der Waals surface area contributed by atoms with Gasteiger partial charge in [-0.25, -0.2) is 4.98 Å². The highest BCUT2D eigenvalue weighted by Gasteiger charge is 2.26. The first-order valence-corrected chi connectivity index (χ1v) is 9.29. The van der Waals surface area contributed by atoms with E-state index in [0.29, 0.717) is 11.6 Å². The standard InChI is InChI=1S/C20H21ClN4O/c21-16-6-2-1-5-15(16)13-22-19(26)14-9-11-25(12-10-14)20-23-17-7-3-4-8-18(17)24-20/h1-8,14H,9-13H2,(H,22,26)(H,23,24). The van der Waals surface area contributed by atoms with Crippen LogP contribution in [0.4, 0.5) is 5.95 Å². The number of hydrogen-bond donors (Lipinski definition) is 2. The second-order valence-electron chi connectivity index (χ2n) is 6.65. The van der Waals surface area contributed by atoms with Crippen LogP contribution in [-0.4, -0.2) is 29.0 Å². The highest BCUT2D eigenvalue weighted by Crippen LogP contribution is 2.24. The van der Waals surface area contributed by atoms with Gasteiger partial charge in [-0.1, -0.05) is 41.9 Å². The van der Waals surface area contributed by atoms with E-state index in [1.54, 1.807) is 0 Å². The van der Waals surface area contributed by atoms with E-state index < -0.39 is 0 Å². The summed E-state index contributed by atoms with van der Waals surface area (Å²) in [6, 6.07) is 15.6. The first-order chi connectivity index (χ1) is 12.7. The Morgan fingerprint density at radius 1 is 1.15 bits per heavy atom. The van der Waals surface area contributed by atoms with Crippen molar-refractivity contribution in [3.63, 3.8) is 0 Å². The molecular formula is C20H21ClN4O. The Balaban J connectivity index is 1.33. The molecule has 0 saturated carbocycles. The van der Waals surface area contributed by atoms with Gasteiger partial charge in [0, 0.05) is 30.6 Å². The Kier molecular flexibility index (Phi) is 4.80. The number of piperidine rings is 1. The molecule has 1 aliphatic heterocycles. The number of benzene rings is 2. The van der Waals surface area contributed by atoms with Crippen LogP contribution in [0.25, 0.3) is 11.0 Å². The number of aromatic nitrogens is 2. The van der Waals surface area contributed by atoms with Gasteiger partial charge in [-0.2, -0.15) is 0 Å². The van der Waals surface area contributed by atoms with Crippen molar-refractivity contribution in [2.45, 2.75) is 19.4 Å². The average molecular weight is 369 g/mol. The van der Waals surface area contributed by atoms with Crippen LogP contribution in [0.1, 0.15) is 18.4 Å². The molecule has 0 spiro atoms. The van der Waals surface area contributed by atoms with Crippen LogP contribution < -0.4 is 10.2 Å². The number of carbonyl (C=O) groups excluding carboxylic acids is 1. The van der Waals surface area contributed by atoms with Gasteiger partial charge in [0.25, 0.3) is 0 Å². The number of fused-ring (bicyclic) bond motifs is 1. The van der Waals surface area contributed by atoms with Crippen LogP contribution in [0.2, 0.25) is 5.02 Å². The van der Waals surface area contributed by atoms with Gasteiger partial charge >= 0.3 is 0 Å². The lowest BCUT2D eigenvalue weighted by Crippen LogP contribution is -2.40. The minimum absolute atomic E-state index is 0.0399. The average Bonchev–Trinajstić information content (AvgIpc) is 3.11. The summed E-state index contributed by atoms with van der Waals surface area (Å²) in [6.45, 7) is 2.12. The monoisotopic (exact) mass is 368 g/mol. The molecule has 3 aromatic rings. The molecule has 1 amide bonds. The molecule has 26 heavy (non-hydrogen) atoms. The van der Waals surface area contributed by atoms with Crippen LogP contribution in [-0.2, 0) is 11.3 Å². The minimum atomic E-state index is 0.0399. The van der Waals surface area contributed by atoms with E-state index in [4.69, 9.17) is 11.6 Å². The summed E-state index contributed by atoms with van der Waals surface area (Å²) in [5, 5.41) is 3.71. The quantitative estimate of drug-likeness (QED) is 0.737. The van der Waals surface area contributed by atoms with Gasteiger partial charge in [-0.15, -0.1) is 0 Å². The summed E-state index contributed by atoms with van der Waals surface area (Å²) in [4.78, 5) is 22.7. The maximum Gasteiger partial charge on any atom is 0.223 e. The number of nitrogens with zero attached hydrogens (tertiary/aromatic N) is 2. The summed E-state index contributed by atoms with van der Waals surface area (Å²) in [5.74, 6) is 1.04. The smallest absolute Gasteiger partial charge is 0.223 e. The molecule has 1 aliphatic rings. The number of para-hydroxylation sites is 2. The number of aromatic amines is 1. The van der Waals surface area contributed by atoms with Gasteiger partial charge in [0.1, 0.15) is 0 Å². The Labute approximate surface area is 157 Å². The summed E-state index contributed by atoms with van der Waals surface area (Å²) in [6.07, 6.45) is 1.65. The van der Waals surface area contributed by atoms with Crippen molar-refractivity contribution < 1.29 is 4.79 Å². The maximum absolute atomic E-state index is 12.5. The summed E-state index contributed by atoms with van der Waals surface area (Å²) < 4.78 is 0. The third kappa shape index (κ3) is 3.53. The molecule has 4 rings (SSSR count). The molecule has 2 heterocycles. The SMILES string of the molecule is O=C(NCc1ccccc1Cl)C1CCN(c2nc3ccccc3[nH]2)CC1. The second-order valence-corrected chi connectivity index (χ2v) is 7.06. The zero-order chi connectivity index (χ0) is 17.9. The third-order valence-electron chi connectivity index (χ3n) is 4.95. The fourth-order valence-corrected chi connectivity index (χ4v) is 3.61. The van der Waals surface area contributed by atoms with Gasteiger partial charge < -0.3 is 15.2 Å². The van der Waals surface area contributed by atoms with E-state index in [-0.39, 0.29) is 11.8 Å².